The largest absolute Gasteiger partial charge is 0.374 e. The molecule has 1 aliphatic rings. The highest BCUT2D eigenvalue weighted by molar-refractivity contribution is 5.23. The van der Waals surface area contributed by atoms with E-state index in [4.69, 9.17) is 10.5 Å². The number of benzene rings is 1. The van der Waals surface area contributed by atoms with Gasteiger partial charge in [0.1, 0.15) is 0 Å². The van der Waals surface area contributed by atoms with Crippen molar-refractivity contribution in [2.24, 2.45) is 5.73 Å². The first kappa shape index (κ1) is 16.4. The van der Waals surface area contributed by atoms with Gasteiger partial charge in [-0.3, -0.25) is 9.80 Å². The highest BCUT2D eigenvalue weighted by Crippen LogP contribution is 2.12. The van der Waals surface area contributed by atoms with Crippen LogP contribution in [0.25, 0.3) is 0 Å². The van der Waals surface area contributed by atoms with E-state index in [1.807, 2.05) is 0 Å². The smallest absolute Gasteiger partial charge is 0.0829 e. The zero-order valence-corrected chi connectivity index (χ0v) is 13.6. The van der Waals surface area contributed by atoms with E-state index in [0.717, 1.165) is 32.8 Å². The molecule has 4 heteroatoms. The molecule has 2 rings (SSSR count). The van der Waals surface area contributed by atoms with Gasteiger partial charge in [0.05, 0.1) is 12.7 Å². The van der Waals surface area contributed by atoms with Crippen LogP contribution in [0.5, 0.6) is 0 Å². The van der Waals surface area contributed by atoms with Crippen molar-refractivity contribution in [3.05, 3.63) is 35.4 Å². The molecule has 1 aromatic rings. The fourth-order valence-corrected chi connectivity index (χ4v) is 2.90. The Hall–Kier alpha value is -0.940. The van der Waals surface area contributed by atoms with Gasteiger partial charge in [0.2, 0.25) is 0 Å². The lowest BCUT2D eigenvalue weighted by Gasteiger charge is -2.37. The molecule has 1 aliphatic heterocycles. The van der Waals surface area contributed by atoms with Gasteiger partial charge in [-0.2, -0.15) is 0 Å². The fourth-order valence-electron chi connectivity index (χ4n) is 2.90. The van der Waals surface area contributed by atoms with E-state index in [1.54, 1.807) is 0 Å². The molecule has 0 aromatic heterocycles. The van der Waals surface area contributed by atoms with Gasteiger partial charge in [0, 0.05) is 38.8 Å². The van der Waals surface area contributed by atoms with E-state index < -0.39 is 0 Å². The maximum Gasteiger partial charge on any atom is 0.0829 e. The van der Waals surface area contributed by atoms with Crippen molar-refractivity contribution in [3.63, 3.8) is 0 Å². The van der Waals surface area contributed by atoms with Crippen LogP contribution in [0.4, 0.5) is 0 Å². The second-order valence-electron chi connectivity index (χ2n) is 6.30. The highest BCUT2D eigenvalue weighted by atomic mass is 16.5. The third kappa shape index (κ3) is 5.08. The number of hydrogen-bond donors (Lipinski definition) is 1. The predicted octanol–water partition coefficient (Wildman–Crippen LogP) is 1.69. The predicted molar refractivity (Wildman–Crippen MR) is 87.1 cm³/mol. The first-order valence-corrected chi connectivity index (χ1v) is 7.90. The van der Waals surface area contributed by atoms with Gasteiger partial charge in [0.25, 0.3) is 0 Å². The van der Waals surface area contributed by atoms with Crippen LogP contribution >= 0.6 is 0 Å². The van der Waals surface area contributed by atoms with E-state index in [9.17, 15) is 0 Å². The van der Waals surface area contributed by atoms with Crippen molar-refractivity contribution in [2.45, 2.75) is 39.1 Å². The second kappa shape index (κ2) is 7.90. The van der Waals surface area contributed by atoms with Gasteiger partial charge in [-0.05, 0) is 32.0 Å². The van der Waals surface area contributed by atoms with E-state index in [2.05, 4.69) is 55.0 Å². The average Bonchev–Trinajstić information content (AvgIpc) is 2.47. The van der Waals surface area contributed by atoms with Crippen LogP contribution in [-0.4, -0.2) is 55.2 Å². The Morgan fingerprint density at radius 1 is 1.38 bits per heavy atom. The number of rotatable bonds is 6. The summed E-state index contributed by atoms with van der Waals surface area (Å²) in [6, 6.07) is 9.12. The van der Waals surface area contributed by atoms with Gasteiger partial charge in [-0.25, -0.2) is 0 Å². The van der Waals surface area contributed by atoms with Gasteiger partial charge in [-0.1, -0.05) is 24.3 Å². The lowest BCUT2D eigenvalue weighted by Crippen LogP contribution is -2.49. The summed E-state index contributed by atoms with van der Waals surface area (Å²) in [5.74, 6) is 0. The molecule has 0 saturated carbocycles. The second-order valence-corrected chi connectivity index (χ2v) is 6.30. The minimum absolute atomic E-state index is 0.309. The minimum atomic E-state index is 0.309. The molecule has 0 aliphatic carbocycles. The van der Waals surface area contributed by atoms with Crippen LogP contribution in [0.3, 0.4) is 0 Å². The van der Waals surface area contributed by atoms with Crippen molar-refractivity contribution in [1.82, 2.24) is 9.80 Å². The molecule has 118 valence electrons. The van der Waals surface area contributed by atoms with Crippen molar-refractivity contribution in [2.75, 3.05) is 33.3 Å². The van der Waals surface area contributed by atoms with E-state index >= 15 is 0 Å². The number of nitrogens with two attached hydrogens (primary N) is 1. The maximum absolute atomic E-state index is 5.91. The SMILES string of the molecule is CC(C)N1CCOC(CN(C)Cc2cccc(CN)c2)C1. The minimum Gasteiger partial charge on any atom is -0.374 e. The molecular weight excluding hydrogens is 262 g/mol. The Morgan fingerprint density at radius 2 is 2.14 bits per heavy atom. The molecule has 21 heavy (non-hydrogen) atoms. The number of morpholine rings is 1. The summed E-state index contributed by atoms with van der Waals surface area (Å²) in [4.78, 5) is 4.83. The number of likely N-dealkylation sites (N-methyl/N-ethyl adjacent to an activating group) is 1. The van der Waals surface area contributed by atoms with Gasteiger partial charge >= 0.3 is 0 Å². The molecule has 0 amide bonds. The van der Waals surface area contributed by atoms with Crippen LogP contribution in [0.2, 0.25) is 0 Å². The first-order valence-electron chi connectivity index (χ1n) is 7.90. The van der Waals surface area contributed by atoms with Crippen LogP contribution in [0, 0.1) is 0 Å². The van der Waals surface area contributed by atoms with Gasteiger partial charge < -0.3 is 10.5 Å². The molecule has 0 spiro atoms. The molecule has 4 nitrogen and oxygen atoms in total. The third-order valence-corrected chi connectivity index (χ3v) is 4.10. The monoisotopic (exact) mass is 291 g/mol. The lowest BCUT2D eigenvalue weighted by molar-refractivity contribution is -0.0502. The summed E-state index contributed by atoms with van der Waals surface area (Å²) < 4.78 is 5.91. The van der Waals surface area contributed by atoms with Crippen molar-refractivity contribution in [1.29, 1.82) is 0 Å². The summed E-state index contributed by atoms with van der Waals surface area (Å²) in [6.07, 6.45) is 0.309. The van der Waals surface area contributed by atoms with E-state index in [-0.39, 0.29) is 0 Å². The van der Waals surface area contributed by atoms with Crippen LogP contribution in [0.1, 0.15) is 25.0 Å². The van der Waals surface area contributed by atoms with Crippen molar-refractivity contribution in [3.8, 4) is 0 Å². The number of hydrogen-bond acceptors (Lipinski definition) is 4. The molecule has 0 radical (unpaired) electrons. The zero-order chi connectivity index (χ0) is 15.2. The zero-order valence-electron chi connectivity index (χ0n) is 13.6. The number of nitrogens with zero attached hydrogens (tertiary/aromatic N) is 2. The Kier molecular flexibility index (Phi) is 6.18. The Balaban J connectivity index is 1.84. The summed E-state index contributed by atoms with van der Waals surface area (Å²) >= 11 is 0. The molecular formula is C17H29N3O. The fraction of sp³-hybridized carbons (Fsp3) is 0.647. The molecule has 1 atom stereocenters. The average molecular weight is 291 g/mol. The molecule has 1 aromatic carbocycles. The summed E-state index contributed by atoms with van der Waals surface area (Å²) in [6.45, 7) is 9.95. The van der Waals surface area contributed by atoms with Crippen LogP contribution < -0.4 is 5.73 Å². The maximum atomic E-state index is 5.91. The topological polar surface area (TPSA) is 41.7 Å². The Bertz CT molecular complexity index is 436. The molecule has 1 unspecified atom stereocenters. The molecule has 1 fully saturated rings. The quantitative estimate of drug-likeness (QED) is 0.866. The summed E-state index contributed by atoms with van der Waals surface area (Å²) in [7, 11) is 2.16. The highest BCUT2D eigenvalue weighted by Gasteiger charge is 2.23. The lowest BCUT2D eigenvalue weighted by atomic mass is 10.1. The van der Waals surface area contributed by atoms with Crippen LogP contribution in [-0.2, 0) is 17.8 Å². The molecule has 0 bridgehead atoms. The molecule has 1 heterocycles. The standard InChI is InChI=1S/C17H29N3O/c1-14(2)20-7-8-21-17(13-20)12-19(3)11-16-6-4-5-15(9-16)10-18/h4-6,9,14,17H,7-8,10-13,18H2,1-3H3. The van der Waals surface area contributed by atoms with E-state index in [1.165, 1.54) is 11.1 Å². The van der Waals surface area contributed by atoms with Gasteiger partial charge in [0.15, 0.2) is 0 Å². The van der Waals surface area contributed by atoms with Crippen molar-refractivity contribution < 1.29 is 4.74 Å². The molecule has 2 N–H and O–H groups in total. The van der Waals surface area contributed by atoms with Gasteiger partial charge in [-0.15, -0.1) is 0 Å². The summed E-state index contributed by atoms with van der Waals surface area (Å²) in [5.41, 5.74) is 8.22. The first-order chi connectivity index (χ1) is 10.1. The molecule has 1 saturated heterocycles. The van der Waals surface area contributed by atoms with Crippen molar-refractivity contribution >= 4 is 0 Å². The van der Waals surface area contributed by atoms with E-state index in [0.29, 0.717) is 18.7 Å². The van der Waals surface area contributed by atoms with Crippen LogP contribution in [0.15, 0.2) is 24.3 Å². The third-order valence-electron chi connectivity index (χ3n) is 4.10. The summed E-state index contributed by atoms with van der Waals surface area (Å²) in [5, 5.41) is 0. The Morgan fingerprint density at radius 3 is 2.86 bits per heavy atom. The normalized spacial score (nSPS) is 20.4. The Labute approximate surface area is 128 Å². The number of ether oxygens (including phenoxy) is 1.